The normalized spacial score (nSPS) is 21.8. The van der Waals surface area contributed by atoms with Crippen LogP contribution in [0, 0.1) is 36.4 Å². The van der Waals surface area contributed by atoms with Gasteiger partial charge in [0, 0.05) is 31.1 Å². The first-order valence-electron chi connectivity index (χ1n) is 12.7. The highest BCUT2D eigenvalue weighted by Gasteiger charge is 2.41. The Morgan fingerprint density at radius 3 is 2.58 bits per heavy atom. The SMILES string of the molecule is COc1cc2c(Nc3ccc(C)c(Cl)c3F)ncnc2cc1OCC1C[C@@H]2CN(CC(C)C)C[C@@H]2C1. The van der Waals surface area contributed by atoms with Crippen LogP contribution in [0.25, 0.3) is 10.9 Å². The molecule has 2 fully saturated rings. The second kappa shape index (κ2) is 10.4. The standard InChI is InChI=1S/C28H34ClFN4O2/c1-16(2)11-34-12-19-7-18(8-20(19)13-34)14-36-25-10-23-21(9-24(25)35-4)28(32-15-31-23)33-22-6-5-17(3)26(29)27(22)30/h5-6,9-10,15-16,18-20H,7-8,11-14H2,1-4H3,(H,31,32,33)/t18?,19-,20+. The number of likely N-dealkylation sites (tertiary alicyclic amines) is 1. The van der Waals surface area contributed by atoms with E-state index < -0.39 is 5.82 Å². The molecule has 1 saturated carbocycles. The molecule has 1 aromatic heterocycles. The molecule has 0 radical (unpaired) electrons. The van der Waals surface area contributed by atoms with Crippen LogP contribution in [-0.2, 0) is 0 Å². The number of halogens is 2. The van der Waals surface area contributed by atoms with Crippen LogP contribution in [0.1, 0.15) is 32.3 Å². The zero-order valence-electron chi connectivity index (χ0n) is 21.4. The average Bonchev–Trinajstić information content (AvgIpc) is 3.40. The van der Waals surface area contributed by atoms with Crippen molar-refractivity contribution in [1.82, 2.24) is 14.9 Å². The minimum atomic E-state index is -0.510. The Bertz CT molecular complexity index is 1240. The highest BCUT2D eigenvalue weighted by atomic mass is 35.5. The second-order valence-corrected chi connectivity index (χ2v) is 11.1. The van der Waals surface area contributed by atoms with E-state index in [-0.39, 0.29) is 10.7 Å². The van der Waals surface area contributed by atoms with Crippen molar-refractivity contribution in [3.63, 3.8) is 0 Å². The Labute approximate surface area is 217 Å². The number of nitrogens with one attached hydrogen (secondary N) is 1. The topological polar surface area (TPSA) is 59.5 Å². The quantitative estimate of drug-likeness (QED) is 0.373. The summed E-state index contributed by atoms with van der Waals surface area (Å²) >= 11 is 6.10. The molecule has 0 amide bonds. The van der Waals surface area contributed by atoms with Gasteiger partial charge in [-0.05, 0) is 61.1 Å². The molecule has 1 unspecified atom stereocenters. The van der Waals surface area contributed by atoms with Crippen LogP contribution in [0.5, 0.6) is 11.5 Å². The number of anilines is 2. The molecule has 2 aromatic carbocycles. The number of methoxy groups -OCH3 is 1. The van der Waals surface area contributed by atoms with Crippen molar-refractivity contribution in [1.29, 1.82) is 0 Å². The number of benzene rings is 2. The molecule has 192 valence electrons. The molecule has 0 bridgehead atoms. The molecule has 2 aliphatic rings. The lowest BCUT2D eigenvalue weighted by molar-refractivity contribution is 0.216. The molecule has 1 saturated heterocycles. The van der Waals surface area contributed by atoms with Crippen molar-refractivity contribution in [3.8, 4) is 11.5 Å². The van der Waals surface area contributed by atoms with E-state index in [1.54, 1.807) is 26.2 Å². The molecule has 0 spiro atoms. The average molecular weight is 513 g/mol. The predicted octanol–water partition coefficient (Wildman–Crippen LogP) is 6.48. The van der Waals surface area contributed by atoms with Gasteiger partial charge >= 0.3 is 0 Å². The molecule has 36 heavy (non-hydrogen) atoms. The van der Waals surface area contributed by atoms with Crippen molar-refractivity contribution in [2.75, 3.05) is 38.7 Å². The van der Waals surface area contributed by atoms with Crippen LogP contribution in [0.2, 0.25) is 5.02 Å². The molecule has 1 N–H and O–H groups in total. The Morgan fingerprint density at radius 1 is 1.14 bits per heavy atom. The summed E-state index contributed by atoms with van der Waals surface area (Å²) in [7, 11) is 1.62. The predicted molar refractivity (Wildman–Crippen MR) is 142 cm³/mol. The Kier molecular flexibility index (Phi) is 7.22. The van der Waals surface area contributed by atoms with Gasteiger partial charge < -0.3 is 19.7 Å². The number of nitrogens with zero attached hydrogens (tertiary/aromatic N) is 3. The summed E-state index contributed by atoms with van der Waals surface area (Å²) in [4.78, 5) is 11.4. The highest BCUT2D eigenvalue weighted by Crippen LogP contribution is 2.43. The fourth-order valence-corrected chi connectivity index (χ4v) is 6.00. The number of aryl methyl sites for hydroxylation is 1. The molecule has 8 heteroatoms. The highest BCUT2D eigenvalue weighted by molar-refractivity contribution is 6.31. The lowest BCUT2D eigenvalue weighted by atomic mass is 10.0. The van der Waals surface area contributed by atoms with Gasteiger partial charge in [0.1, 0.15) is 12.1 Å². The summed E-state index contributed by atoms with van der Waals surface area (Å²) in [6.45, 7) is 10.7. The molecule has 3 aromatic rings. The van der Waals surface area contributed by atoms with E-state index >= 15 is 0 Å². The molecular weight excluding hydrogens is 479 g/mol. The van der Waals surface area contributed by atoms with Crippen molar-refractivity contribution in [2.45, 2.75) is 33.6 Å². The summed E-state index contributed by atoms with van der Waals surface area (Å²) in [6.07, 6.45) is 3.89. The summed E-state index contributed by atoms with van der Waals surface area (Å²) in [5.74, 6) is 4.07. The number of rotatable bonds is 8. The van der Waals surface area contributed by atoms with Gasteiger partial charge in [0.25, 0.3) is 0 Å². The van der Waals surface area contributed by atoms with Crippen molar-refractivity contribution < 1.29 is 13.9 Å². The van der Waals surface area contributed by atoms with Gasteiger partial charge in [0.15, 0.2) is 17.3 Å². The minimum Gasteiger partial charge on any atom is -0.493 e. The Hall–Kier alpha value is -2.64. The monoisotopic (exact) mass is 512 g/mol. The van der Waals surface area contributed by atoms with Crippen LogP contribution < -0.4 is 14.8 Å². The third-order valence-corrected chi connectivity index (χ3v) is 7.94. The van der Waals surface area contributed by atoms with Gasteiger partial charge in [0.2, 0.25) is 0 Å². The van der Waals surface area contributed by atoms with E-state index in [0.29, 0.717) is 46.3 Å². The van der Waals surface area contributed by atoms with Crippen LogP contribution in [-0.4, -0.2) is 48.2 Å². The van der Waals surface area contributed by atoms with Gasteiger partial charge in [-0.1, -0.05) is 31.5 Å². The van der Waals surface area contributed by atoms with Crippen LogP contribution in [0.4, 0.5) is 15.9 Å². The van der Waals surface area contributed by atoms with Gasteiger partial charge in [-0.2, -0.15) is 0 Å². The molecule has 2 heterocycles. The van der Waals surface area contributed by atoms with Gasteiger partial charge in [-0.25, -0.2) is 14.4 Å². The fraction of sp³-hybridized carbons (Fsp3) is 0.500. The van der Waals surface area contributed by atoms with E-state index in [2.05, 4.69) is 34.0 Å². The van der Waals surface area contributed by atoms with Crippen LogP contribution in [0.3, 0.4) is 0 Å². The van der Waals surface area contributed by atoms with E-state index in [1.807, 2.05) is 12.1 Å². The lowest BCUT2D eigenvalue weighted by Gasteiger charge is -2.21. The number of fused-ring (bicyclic) bond motifs is 2. The van der Waals surface area contributed by atoms with Gasteiger partial charge in [-0.15, -0.1) is 0 Å². The van der Waals surface area contributed by atoms with E-state index in [0.717, 1.165) is 17.8 Å². The Balaban J connectivity index is 1.29. The maximum absolute atomic E-state index is 14.7. The fourth-order valence-electron chi connectivity index (χ4n) is 5.84. The smallest absolute Gasteiger partial charge is 0.165 e. The third-order valence-electron chi connectivity index (χ3n) is 7.47. The summed E-state index contributed by atoms with van der Waals surface area (Å²) in [5, 5.41) is 3.86. The zero-order valence-corrected chi connectivity index (χ0v) is 22.1. The van der Waals surface area contributed by atoms with E-state index in [4.69, 9.17) is 21.1 Å². The number of ether oxygens (including phenoxy) is 2. The lowest BCUT2D eigenvalue weighted by Crippen LogP contribution is -2.27. The summed E-state index contributed by atoms with van der Waals surface area (Å²) in [5.41, 5.74) is 1.62. The van der Waals surface area contributed by atoms with Crippen molar-refractivity contribution in [3.05, 3.63) is 47.0 Å². The van der Waals surface area contributed by atoms with Crippen LogP contribution in [0.15, 0.2) is 30.6 Å². The minimum absolute atomic E-state index is 0.0929. The Morgan fingerprint density at radius 2 is 1.89 bits per heavy atom. The molecule has 1 aliphatic carbocycles. The first kappa shape index (κ1) is 25.0. The largest absolute Gasteiger partial charge is 0.493 e. The van der Waals surface area contributed by atoms with Crippen molar-refractivity contribution >= 4 is 34.0 Å². The second-order valence-electron chi connectivity index (χ2n) is 10.7. The van der Waals surface area contributed by atoms with Gasteiger partial charge in [-0.3, -0.25) is 0 Å². The number of hydrogen-bond donors (Lipinski definition) is 1. The summed E-state index contributed by atoms with van der Waals surface area (Å²) in [6, 6.07) is 7.13. The zero-order chi connectivity index (χ0) is 25.4. The number of hydrogen-bond acceptors (Lipinski definition) is 6. The molecular formula is C28H34ClFN4O2. The van der Waals surface area contributed by atoms with Crippen LogP contribution >= 0.6 is 11.6 Å². The van der Waals surface area contributed by atoms with Gasteiger partial charge in [0.05, 0.1) is 29.9 Å². The summed E-state index contributed by atoms with van der Waals surface area (Å²) < 4.78 is 26.6. The molecule has 6 nitrogen and oxygen atoms in total. The maximum atomic E-state index is 14.7. The molecule has 5 rings (SSSR count). The van der Waals surface area contributed by atoms with E-state index in [1.165, 1.54) is 38.8 Å². The van der Waals surface area contributed by atoms with Crippen molar-refractivity contribution in [2.24, 2.45) is 23.7 Å². The first-order chi connectivity index (χ1) is 17.3. The van der Waals surface area contributed by atoms with E-state index in [9.17, 15) is 4.39 Å². The maximum Gasteiger partial charge on any atom is 0.165 e. The third kappa shape index (κ3) is 5.09. The number of aromatic nitrogens is 2. The first-order valence-corrected chi connectivity index (χ1v) is 13.1. The molecule has 1 aliphatic heterocycles. The molecule has 3 atom stereocenters.